The van der Waals surface area contributed by atoms with E-state index >= 15 is 0 Å². The molecule has 0 amide bonds. The van der Waals surface area contributed by atoms with Crippen LogP contribution in [-0.4, -0.2) is 41.1 Å². The highest BCUT2D eigenvalue weighted by Gasteiger charge is 2.22. The molecule has 0 bridgehead atoms. The van der Waals surface area contributed by atoms with Crippen molar-refractivity contribution in [3.05, 3.63) is 17.8 Å². The van der Waals surface area contributed by atoms with Crippen LogP contribution in [0.1, 0.15) is 50.5 Å². The average molecular weight is 305 g/mol. The third-order valence-electron chi connectivity index (χ3n) is 3.63. The second-order valence-corrected chi connectivity index (χ2v) is 6.61. The van der Waals surface area contributed by atoms with E-state index in [2.05, 4.69) is 15.1 Å². The number of piperidine rings is 1. The molecule has 1 saturated heterocycles. The molecule has 22 heavy (non-hydrogen) atoms. The molecule has 0 atom stereocenters. The summed E-state index contributed by atoms with van der Waals surface area (Å²) in [4.78, 5) is 24.6. The molecular weight excluding hydrogens is 282 g/mol. The topological polar surface area (TPSA) is 72.4 Å². The predicted molar refractivity (Wildman–Crippen MR) is 82.8 cm³/mol. The Morgan fingerprint density at radius 1 is 1.32 bits per heavy atom. The summed E-state index contributed by atoms with van der Waals surface area (Å²) in [5.74, 6) is 0.774. The highest BCUT2D eigenvalue weighted by molar-refractivity contribution is 5.87. The van der Waals surface area contributed by atoms with Gasteiger partial charge in [-0.05, 0) is 51.7 Å². The summed E-state index contributed by atoms with van der Waals surface area (Å²) in [5, 5.41) is 8.10. The molecule has 0 N–H and O–H groups in total. The summed E-state index contributed by atoms with van der Waals surface area (Å²) in [5.41, 5.74) is -0.327. The van der Waals surface area contributed by atoms with E-state index in [1.54, 1.807) is 12.1 Å². The predicted octanol–water partition coefficient (Wildman–Crippen LogP) is 2.24. The number of carbonyl (C=O) groups is 2. The van der Waals surface area contributed by atoms with Crippen LogP contribution >= 0.6 is 0 Å². The second kappa shape index (κ2) is 6.85. The van der Waals surface area contributed by atoms with E-state index in [0.717, 1.165) is 38.0 Å². The zero-order valence-corrected chi connectivity index (χ0v) is 13.4. The van der Waals surface area contributed by atoms with Crippen molar-refractivity contribution >= 4 is 18.1 Å². The van der Waals surface area contributed by atoms with Crippen molar-refractivity contribution in [2.75, 3.05) is 18.0 Å². The third kappa shape index (κ3) is 4.51. The molecule has 1 aromatic rings. The summed E-state index contributed by atoms with van der Waals surface area (Å²) >= 11 is 0. The first kappa shape index (κ1) is 16.4. The molecule has 0 aromatic carbocycles. The summed E-state index contributed by atoms with van der Waals surface area (Å²) in [6.45, 7) is 7.17. The van der Waals surface area contributed by atoms with Crippen LogP contribution in [0, 0.1) is 5.92 Å². The Morgan fingerprint density at radius 2 is 2.00 bits per heavy atom. The Morgan fingerprint density at radius 3 is 2.50 bits per heavy atom. The number of carbonyl (C=O) groups excluding carboxylic acids is 2. The maximum Gasteiger partial charge on any atom is 0.359 e. The number of aldehydes is 1. The highest BCUT2D eigenvalue weighted by atomic mass is 16.6. The average Bonchev–Trinajstić information content (AvgIpc) is 2.47. The first-order valence-electron chi connectivity index (χ1n) is 7.65. The summed E-state index contributed by atoms with van der Waals surface area (Å²) in [7, 11) is 0. The van der Waals surface area contributed by atoms with E-state index in [4.69, 9.17) is 4.74 Å². The van der Waals surface area contributed by atoms with Gasteiger partial charge in [-0.15, -0.1) is 10.2 Å². The van der Waals surface area contributed by atoms with E-state index in [0.29, 0.717) is 12.3 Å². The molecule has 1 fully saturated rings. The monoisotopic (exact) mass is 305 g/mol. The van der Waals surface area contributed by atoms with Gasteiger partial charge in [-0.25, -0.2) is 4.79 Å². The molecule has 6 heteroatoms. The number of hydrogen-bond donors (Lipinski definition) is 0. The van der Waals surface area contributed by atoms with Gasteiger partial charge in [-0.2, -0.15) is 0 Å². The van der Waals surface area contributed by atoms with Gasteiger partial charge in [0.25, 0.3) is 0 Å². The standard InChI is InChI=1S/C16H23N3O3/c1-16(2,3)22-15(21)13-4-5-14(18-17-13)19-9-6-12(7-10-19)8-11-20/h4-5,11-12H,6-10H2,1-3H3. The molecule has 120 valence electrons. The Balaban J connectivity index is 1.95. The molecule has 0 unspecified atom stereocenters. The molecule has 6 nitrogen and oxygen atoms in total. The van der Waals surface area contributed by atoms with Crippen LogP contribution < -0.4 is 4.90 Å². The summed E-state index contributed by atoms with van der Waals surface area (Å²) in [6.07, 6.45) is 3.59. The number of hydrogen-bond acceptors (Lipinski definition) is 6. The van der Waals surface area contributed by atoms with Crippen molar-refractivity contribution in [3.63, 3.8) is 0 Å². The van der Waals surface area contributed by atoms with Crippen molar-refractivity contribution in [1.82, 2.24) is 10.2 Å². The second-order valence-electron chi connectivity index (χ2n) is 6.61. The quantitative estimate of drug-likeness (QED) is 0.627. The minimum atomic E-state index is -0.544. The Labute approximate surface area is 130 Å². The van der Waals surface area contributed by atoms with E-state index in [9.17, 15) is 9.59 Å². The van der Waals surface area contributed by atoms with E-state index in [1.165, 1.54) is 0 Å². The number of ether oxygens (including phenoxy) is 1. The molecule has 1 aliphatic heterocycles. The van der Waals surface area contributed by atoms with E-state index in [1.807, 2.05) is 20.8 Å². The van der Waals surface area contributed by atoms with Gasteiger partial charge in [0.1, 0.15) is 11.9 Å². The van der Waals surface area contributed by atoms with Crippen LogP contribution in [0.25, 0.3) is 0 Å². The zero-order chi connectivity index (χ0) is 16.2. The zero-order valence-electron chi connectivity index (χ0n) is 13.4. The number of nitrogens with zero attached hydrogens (tertiary/aromatic N) is 3. The lowest BCUT2D eigenvalue weighted by Crippen LogP contribution is -2.34. The van der Waals surface area contributed by atoms with E-state index < -0.39 is 11.6 Å². The lowest BCUT2D eigenvalue weighted by molar-refractivity contribution is -0.108. The fraction of sp³-hybridized carbons (Fsp3) is 0.625. The molecule has 0 radical (unpaired) electrons. The number of aromatic nitrogens is 2. The normalized spacial score (nSPS) is 16.4. The minimum absolute atomic E-state index is 0.217. The fourth-order valence-electron chi connectivity index (χ4n) is 2.47. The smallest absolute Gasteiger partial charge is 0.359 e. The molecule has 0 saturated carbocycles. The Bertz CT molecular complexity index is 514. The van der Waals surface area contributed by atoms with Gasteiger partial charge in [0.05, 0.1) is 0 Å². The maximum absolute atomic E-state index is 11.9. The Hall–Kier alpha value is -1.98. The van der Waals surface area contributed by atoms with Crippen molar-refractivity contribution in [3.8, 4) is 0 Å². The third-order valence-corrected chi connectivity index (χ3v) is 3.63. The summed E-state index contributed by atoms with van der Waals surface area (Å²) < 4.78 is 5.26. The van der Waals surface area contributed by atoms with Crippen molar-refractivity contribution in [2.24, 2.45) is 5.92 Å². The van der Waals surface area contributed by atoms with Gasteiger partial charge in [0.15, 0.2) is 11.5 Å². The first-order chi connectivity index (χ1) is 10.4. The van der Waals surface area contributed by atoms with Crippen LogP contribution in [0.15, 0.2) is 12.1 Å². The van der Waals surface area contributed by atoms with Gasteiger partial charge < -0.3 is 14.4 Å². The van der Waals surface area contributed by atoms with E-state index in [-0.39, 0.29) is 5.69 Å². The fourth-order valence-corrected chi connectivity index (χ4v) is 2.47. The first-order valence-corrected chi connectivity index (χ1v) is 7.65. The molecule has 1 aromatic heterocycles. The van der Waals surface area contributed by atoms with Crippen LogP contribution in [-0.2, 0) is 9.53 Å². The highest BCUT2D eigenvalue weighted by Crippen LogP contribution is 2.23. The van der Waals surface area contributed by atoms with Gasteiger partial charge in [-0.3, -0.25) is 0 Å². The van der Waals surface area contributed by atoms with Crippen LogP contribution in [0.3, 0.4) is 0 Å². The molecular formula is C16H23N3O3. The largest absolute Gasteiger partial charge is 0.455 e. The minimum Gasteiger partial charge on any atom is -0.455 e. The number of anilines is 1. The molecule has 2 rings (SSSR count). The maximum atomic E-state index is 11.9. The molecule has 0 spiro atoms. The van der Waals surface area contributed by atoms with Crippen molar-refractivity contribution in [1.29, 1.82) is 0 Å². The van der Waals surface area contributed by atoms with Gasteiger partial charge in [0.2, 0.25) is 0 Å². The molecule has 1 aliphatic rings. The lowest BCUT2D eigenvalue weighted by Gasteiger charge is -2.31. The molecule has 0 aliphatic carbocycles. The van der Waals surface area contributed by atoms with Crippen molar-refractivity contribution < 1.29 is 14.3 Å². The molecule has 2 heterocycles. The lowest BCUT2D eigenvalue weighted by atomic mass is 9.94. The van der Waals surface area contributed by atoms with Gasteiger partial charge in [0, 0.05) is 19.5 Å². The number of esters is 1. The van der Waals surface area contributed by atoms with Crippen LogP contribution in [0.5, 0.6) is 0 Å². The van der Waals surface area contributed by atoms with Crippen LogP contribution in [0.4, 0.5) is 5.82 Å². The summed E-state index contributed by atoms with van der Waals surface area (Å²) in [6, 6.07) is 3.44. The van der Waals surface area contributed by atoms with Crippen molar-refractivity contribution in [2.45, 2.75) is 45.6 Å². The van der Waals surface area contributed by atoms with Gasteiger partial charge >= 0.3 is 5.97 Å². The van der Waals surface area contributed by atoms with Crippen LogP contribution in [0.2, 0.25) is 0 Å². The number of rotatable bonds is 4. The van der Waals surface area contributed by atoms with Gasteiger partial charge in [-0.1, -0.05) is 0 Å². The SMILES string of the molecule is CC(C)(C)OC(=O)c1ccc(N2CCC(CC=O)CC2)nn1. The Kier molecular flexibility index (Phi) is 5.11.